The maximum absolute atomic E-state index is 12.2. The molecule has 0 bridgehead atoms. The summed E-state index contributed by atoms with van der Waals surface area (Å²) in [5.74, 6) is -0.746. The number of para-hydroxylation sites is 1. The molecule has 128 valence electrons. The van der Waals surface area contributed by atoms with Crippen molar-refractivity contribution in [3.63, 3.8) is 0 Å². The van der Waals surface area contributed by atoms with Crippen LogP contribution in [-0.2, 0) is 4.79 Å². The number of hydrogen-bond donors (Lipinski definition) is 2. The Morgan fingerprint density at radius 2 is 1.92 bits per heavy atom. The van der Waals surface area contributed by atoms with E-state index in [2.05, 4.69) is 10.6 Å². The third-order valence-corrected chi connectivity index (χ3v) is 3.52. The minimum atomic E-state index is -0.746. The largest absolute Gasteiger partial charge is 0.359 e. The monoisotopic (exact) mass is 367 g/mol. The van der Waals surface area contributed by atoms with Crippen LogP contribution in [0.2, 0.25) is 5.02 Å². The smallest absolute Gasteiger partial charge is 0.271 e. The fraction of sp³-hybridized carbons (Fsp3) is 0. The van der Waals surface area contributed by atoms with Crippen molar-refractivity contribution in [3.05, 3.63) is 74.9 Å². The highest BCUT2D eigenvalue weighted by Crippen LogP contribution is 2.26. The highest BCUT2D eigenvalue weighted by Gasteiger charge is 2.13. The molecular weight excluding hydrogens is 358 g/mol. The Morgan fingerprint density at radius 1 is 1.19 bits per heavy atom. The van der Waals surface area contributed by atoms with Gasteiger partial charge in [0.1, 0.15) is 17.7 Å². The molecule has 1 amide bonds. The second-order valence-corrected chi connectivity index (χ2v) is 5.25. The third kappa shape index (κ3) is 4.35. The predicted molar refractivity (Wildman–Crippen MR) is 95.2 cm³/mol. The van der Waals surface area contributed by atoms with E-state index < -0.39 is 10.8 Å². The number of nitrogens with one attached hydrogen (secondary N) is 2. The van der Waals surface area contributed by atoms with Crippen molar-refractivity contribution in [3.8, 4) is 12.1 Å². The van der Waals surface area contributed by atoms with Crippen LogP contribution in [0.5, 0.6) is 0 Å². The van der Waals surface area contributed by atoms with Crippen molar-refractivity contribution in [2.75, 3.05) is 10.6 Å². The summed E-state index contributed by atoms with van der Waals surface area (Å²) in [6.07, 6.45) is 1.08. The van der Waals surface area contributed by atoms with Gasteiger partial charge in [-0.15, -0.1) is 0 Å². The maximum Gasteiger partial charge on any atom is 0.271 e. The van der Waals surface area contributed by atoms with Crippen LogP contribution in [-0.4, -0.2) is 10.8 Å². The summed E-state index contributed by atoms with van der Waals surface area (Å²) in [4.78, 5) is 22.4. The number of nitro groups is 1. The van der Waals surface area contributed by atoms with Gasteiger partial charge in [0.05, 0.1) is 26.9 Å². The first-order valence-corrected chi connectivity index (χ1v) is 7.45. The standard InChI is InChI=1S/C17H10ClN5O3/c18-14-6-5-13(23(25)26)7-16(14)21-10-12(9-20)17(24)22-15-4-2-1-3-11(15)8-19/h1-7,10,21H,(H,22,24)/b12-10-. The lowest BCUT2D eigenvalue weighted by molar-refractivity contribution is -0.384. The zero-order chi connectivity index (χ0) is 19.1. The lowest BCUT2D eigenvalue weighted by atomic mass is 10.2. The normalized spacial score (nSPS) is 10.3. The molecule has 0 atom stereocenters. The number of benzene rings is 2. The Bertz CT molecular complexity index is 989. The zero-order valence-corrected chi connectivity index (χ0v) is 13.8. The van der Waals surface area contributed by atoms with Crippen LogP contribution in [0.25, 0.3) is 0 Å². The molecule has 0 heterocycles. The first-order chi connectivity index (χ1) is 12.5. The second kappa shape index (κ2) is 8.29. The van der Waals surface area contributed by atoms with Gasteiger partial charge in [0.15, 0.2) is 0 Å². The van der Waals surface area contributed by atoms with E-state index in [0.29, 0.717) is 0 Å². The van der Waals surface area contributed by atoms with E-state index in [1.165, 1.54) is 30.3 Å². The summed E-state index contributed by atoms with van der Waals surface area (Å²) in [5.41, 5.74) is 0.165. The Hall–Kier alpha value is -3.88. The topological polar surface area (TPSA) is 132 Å². The highest BCUT2D eigenvalue weighted by atomic mass is 35.5. The lowest BCUT2D eigenvalue weighted by Crippen LogP contribution is -2.15. The van der Waals surface area contributed by atoms with Crippen LogP contribution >= 0.6 is 11.6 Å². The molecule has 2 aromatic carbocycles. The quantitative estimate of drug-likeness (QED) is 0.359. The lowest BCUT2D eigenvalue weighted by Gasteiger charge is -2.07. The zero-order valence-electron chi connectivity index (χ0n) is 13.1. The van der Waals surface area contributed by atoms with E-state index in [0.717, 1.165) is 6.20 Å². The number of carbonyl (C=O) groups excluding carboxylic acids is 1. The molecule has 0 unspecified atom stereocenters. The van der Waals surface area contributed by atoms with Crippen molar-refractivity contribution in [1.82, 2.24) is 0 Å². The first kappa shape index (κ1) is 18.5. The number of nitro benzene ring substituents is 1. The molecule has 0 fully saturated rings. The second-order valence-electron chi connectivity index (χ2n) is 4.85. The molecule has 0 radical (unpaired) electrons. The number of carbonyl (C=O) groups is 1. The fourth-order valence-corrected chi connectivity index (χ4v) is 2.09. The number of halogens is 1. The number of anilines is 2. The van der Waals surface area contributed by atoms with Gasteiger partial charge in [-0.05, 0) is 18.2 Å². The summed E-state index contributed by atoms with van der Waals surface area (Å²) >= 11 is 5.94. The van der Waals surface area contributed by atoms with Gasteiger partial charge in [0.25, 0.3) is 11.6 Å². The molecule has 0 aliphatic heterocycles. The minimum absolute atomic E-state index is 0.166. The summed E-state index contributed by atoms with van der Waals surface area (Å²) in [6, 6.07) is 13.7. The van der Waals surface area contributed by atoms with Crippen LogP contribution in [0.1, 0.15) is 5.56 Å². The van der Waals surface area contributed by atoms with Gasteiger partial charge in [-0.2, -0.15) is 10.5 Å². The van der Waals surface area contributed by atoms with Crippen molar-refractivity contribution in [2.24, 2.45) is 0 Å². The average Bonchev–Trinajstić information content (AvgIpc) is 2.63. The highest BCUT2D eigenvalue weighted by molar-refractivity contribution is 6.33. The molecule has 0 saturated carbocycles. The van der Waals surface area contributed by atoms with Gasteiger partial charge in [-0.1, -0.05) is 23.7 Å². The Labute approximate surface area is 153 Å². The van der Waals surface area contributed by atoms with Gasteiger partial charge >= 0.3 is 0 Å². The van der Waals surface area contributed by atoms with Crippen molar-refractivity contribution in [1.29, 1.82) is 10.5 Å². The summed E-state index contributed by atoms with van der Waals surface area (Å²) in [6.45, 7) is 0. The average molecular weight is 368 g/mol. The Balaban J connectivity index is 2.22. The van der Waals surface area contributed by atoms with Crippen molar-refractivity contribution >= 4 is 34.6 Å². The van der Waals surface area contributed by atoms with Crippen LogP contribution in [0.3, 0.4) is 0 Å². The summed E-state index contributed by atoms with van der Waals surface area (Å²) in [7, 11) is 0. The van der Waals surface area contributed by atoms with Crippen LogP contribution in [0.15, 0.2) is 54.2 Å². The molecule has 9 heteroatoms. The summed E-state index contributed by atoms with van der Waals surface area (Å²) < 4.78 is 0. The number of rotatable bonds is 5. The molecule has 2 aromatic rings. The molecular formula is C17H10ClN5O3. The first-order valence-electron chi connectivity index (χ1n) is 7.07. The van der Waals surface area contributed by atoms with E-state index in [-0.39, 0.29) is 33.2 Å². The molecule has 0 saturated heterocycles. The predicted octanol–water partition coefficient (Wildman–Crippen LogP) is 3.58. The van der Waals surface area contributed by atoms with E-state index in [1.807, 2.05) is 6.07 Å². The fourth-order valence-electron chi connectivity index (χ4n) is 1.92. The summed E-state index contributed by atoms with van der Waals surface area (Å²) in [5, 5.41) is 34.2. The molecule has 2 N–H and O–H groups in total. The van der Waals surface area contributed by atoms with Gasteiger partial charge < -0.3 is 10.6 Å². The van der Waals surface area contributed by atoms with Crippen LogP contribution < -0.4 is 10.6 Å². The Morgan fingerprint density at radius 3 is 2.58 bits per heavy atom. The third-order valence-electron chi connectivity index (χ3n) is 3.19. The molecule has 0 spiro atoms. The maximum atomic E-state index is 12.2. The van der Waals surface area contributed by atoms with Gasteiger partial charge in [-0.3, -0.25) is 14.9 Å². The number of nitriles is 2. The minimum Gasteiger partial charge on any atom is -0.359 e. The molecule has 26 heavy (non-hydrogen) atoms. The number of amides is 1. The van der Waals surface area contributed by atoms with Crippen LogP contribution in [0, 0.1) is 32.8 Å². The molecule has 0 aliphatic rings. The van der Waals surface area contributed by atoms with E-state index >= 15 is 0 Å². The van der Waals surface area contributed by atoms with E-state index in [4.69, 9.17) is 22.1 Å². The number of non-ortho nitro benzene ring substituents is 1. The molecule has 0 aromatic heterocycles. The molecule has 8 nitrogen and oxygen atoms in total. The Kier molecular flexibility index (Phi) is 5.88. The number of hydrogen-bond acceptors (Lipinski definition) is 6. The number of nitrogens with zero attached hydrogens (tertiary/aromatic N) is 3. The SMILES string of the molecule is N#C/C(=C/Nc1cc([N+](=O)[O-])ccc1Cl)C(=O)Nc1ccccc1C#N. The van der Waals surface area contributed by atoms with Gasteiger partial charge in [-0.25, -0.2) is 0 Å². The molecule has 2 rings (SSSR count). The van der Waals surface area contributed by atoms with E-state index in [1.54, 1.807) is 18.2 Å². The van der Waals surface area contributed by atoms with Gasteiger partial charge in [0.2, 0.25) is 0 Å². The molecule has 0 aliphatic carbocycles. The van der Waals surface area contributed by atoms with E-state index in [9.17, 15) is 14.9 Å². The van der Waals surface area contributed by atoms with Crippen LogP contribution in [0.4, 0.5) is 17.1 Å². The van der Waals surface area contributed by atoms with Crippen molar-refractivity contribution < 1.29 is 9.72 Å². The van der Waals surface area contributed by atoms with Gasteiger partial charge in [0, 0.05) is 18.3 Å². The van der Waals surface area contributed by atoms with Crippen molar-refractivity contribution in [2.45, 2.75) is 0 Å².